The summed E-state index contributed by atoms with van der Waals surface area (Å²) in [5.74, 6) is -1.90. The molecule has 3 rings (SSSR count). The van der Waals surface area contributed by atoms with Gasteiger partial charge >= 0.3 is 0 Å². The molecule has 0 bridgehead atoms. The first-order valence-electron chi connectivity index (χ1n) is 9.15. The van der Waals surface area contributed by atoms with E-state index < -0.39 is 17.3 Å². The van der Waals surface area contributed by atoms with Gasteiger partial charge in [0, 0.05) is 12.0 Å². The van der Waals surface area contributed by atoms with E-state index in [0.29, 0.717) is 16.7 Å². The number of allylic oxidation sites excluding steroid dienone is 4. The number of aryl methyl sites for hydroxylation is 1. The van der Waals surface area contributed by atoms with E-state index in [1.54, 1.807) is 18.2 Å². The van der Waals surface area contributed by atoms with Crippen LogP contribution in [-0.4, -0.2) is 0 Å². The molecule has 0 aliphatic heterocycles. The van der Waals surface area contributed by atoms with Gasteiger partial charge in [-0.05, 0) is 41.7 Å². The van der Waals surface area contributed by atoms with Crippen LogP contribution in [0.15, 0.2) is 60.7 Å². The average molecular weight is 356 g/mol. The maximum atomic E-state index is 16.0. The molecule has 2 aromatic rings. The normalized spacial score (nSPS) is 19.5. The number of hydrogen-bond acceptors (Lipinski definition) is 0. The van der Waals surface area contributed by atoms with E-state index in [4.69, 9.17) is 0 Å². The fraction of sp³-hybridized carbons (Fsp3) is 0.304. The quantitative estimate of drug-likeness (QED) is 0.494. The van der Waals surface area contributed by atoms with Crippen LogP contribution in [0.2, 0.25) is 0 Å². The van der Waals surface area contributed by atoms with Crippen molar-refractivity contribution in [2.24, 2.45) is 0 Å². The minimum atomic E-state index is -1.75. The molecule has 2 aromatic carbocycles. The minimum Gasteiger partial charge on any atom is -0.233 e. The lowest BCUT2D eigenvalue weighted by Gasteiger charge is -2.30. The van der Waals surface area contributed by atoms with Crippen LogP contribution in [0.5, 0.6) is 0 Å². The van der Waals surface area contributed by atoms with Crippen molar-refractivity contribution in [2.75, 3.05) is 0 Å². The van der Waals surface area contributed by atoms with Crippen molar-refractivity contribution >= 4 is 5.57 Å². The van der Waals surface area contributed by atoms with Gasteiger partial charge < -0.3 is 0 Å². The Balaban J connectivity index is 1.90. The Morgan fingerprint density at radius 1 is 0.962 bits per heavy atom. The molecular weight excluding hydrogens is 333 g/mol. The highest BCUT2D eigenvalue weighted by Gasteiger charge is 2.37. The molecule has 0 heterocycles. The Bertz CT molecular complexity index is 818. The van der Waals surface area contributed by atoms with E-state index in [0.717, 1.165) is 25.0 Å². The van der Waals surface area contributed by atoms with Crippen LogP contribution in [0.25, 0.3) is 5.57 Å². The third-order valence-electron chi connectivity index (χ3n) is 4.94. The van der Waals surface area contributed by atoms with Crippen molar-refractivity contribution in [1.29, 1.82) is 0 Å². The molecule has 0 aromatic heterocycles. The van der Waals surface area contributed by atoms with Crippen molar-refractivity contribution in [3.63, 3.8) is 0 Å². The van der Waals surface area contributed by atoms with Crippen molar-refractivity contribution in [2.45, 2.75) is 44.7 Å². The van der Waals surface area contributed by atoms with Crippen LogP contribution in [0.1, 0.15) is 49.3 Å². The lowest BCUT2D eigenvalue weighted by atomic mass is 9.78. The second-order valence-corrected chi connectivity index (χ2v) is 6.80. The minimum absolute atomic E-state index is 0.174. The van der Waals surface area contributed by atoms with Crippen LogP contribution >= 0.6 is 0 Å². The predicted octanol–water partition coefficient (Wildman–Crippen LogP) is 6.91. The Morgan fingerprint density at radius 2 is 1.73 bits per heavy atom. The summed E-state index contributed by atoms with van der Waals surface area (Å²) in [6.45, 7) is 2.17. The molecule has 0 amide bonds. The van der Waals surface area contributed by atoms with Gasteiger partial charge in [-0.1, -0.05) is 68.3 Å². The van der Waals surface area contributed by atoms with Crippen LogP contribution < -0.4 is 0 Å². The highest BCUT2D eigenvalue weighted by Crippen LogP contribution is 2.45. The summed E-state index contributed by atoms with van der Waals surface area (Å²) in [6, 6.07) is 11.1. The van der Waals surface area contributed by atoms with Gasteiger partial charge in [0.2, 0.25) is 0 Å². The van der Waals surface area contributed by atoms with Crippen molar-refractivity contribution in [3.05, 3.63) is 89.0 Å². The largest absolute Gasteiger partial charge is 0.233 e. The SMILES string of the molecule is CCCCCc1ccc(C2(F)CC=CC=C2c2ccc(F)c(F)c2)cc1. The fourth-order valence-electron chi connectivity index (χ4n) is 3.41. The van der Waals surface area contributed by atoms with Gasteiger partial charge in [-0.15, -0.1) is 0 Å². The van der Waals surface area contributed by atoms with Gasteiger partial charge in [-0.2, -0.15) is 0 Å². The predicted molar refractivity (Wildman–Crippen MR) is 101 cm³/mol. The smallest absolute Gasteiger partial charge is 0.165 e. The molecule has 0 spiro atoms. The molecule has 0 saturated heterocycles. The summed E-state index contributed by atoms with van der Waals surface area (Å²) in [5, 5.41) is 0. The topological polar surface area (TPSA) is 0 Å². The van der Waals surface area contributed by atoms with Gasteiger partial charge in [-0.25, -0.2) is 13.2 Å². The maximum absolute atomic E-state index is 16.0. The standard InChI is InChI=1S/C23H23F3/c1-2-3-4-7-17-9-12-19(13-10-17)23(26)15-6-5-8-20(23)18-11-14-21(24)22(25)16-18/h5-6,8-14,16H,2-4,7,15H2,1H3. The number of unbranched alkanes of at least 4 members (excludes halogenated alkanes) is 2. The summed E-state index contributed by atoms with van der Waals surface area (Å²) < 4.78 is 42.9. The second kappa shape index (κ2) is 7.94. The monoisotopic (exact) mass is 356 g/mol. The van der Waals surface area contributed by atoms with Crippen LogP contribution in [0.4, 0.5) is 13.2 Å². The van der Waals surface area contributed by atoms with Gasteiger partial charge in [0.25, 0.3) is 0 Å². The Kier molecular flexibility index (Phi) is 5.65. The van der Waals surface area contributed by atoms with E-state index in [1.807, 2.05) is 24.3 Å². The third-order valence-corrected chi connectivity index (χ3v) is 4.94. The number of alkyl halides is 1. The van der Waals surface area contributed by atoms with E-state index in [1.165, 1.54) is 24.5 Å². The zero-order chi connectivity index (χ0) is 18.6. The highest BCUT2D eigenvalue weighted by atomic mass is 19.2. The first kappa shape index (κ1) is 18.5. The number of hydrogen-bond donors (Lipinski definition) is 0. The first-order chi connectivity index (χ1) is 12.5. The van der Waals surface area contributed by atoms with E-state index in [-0.39, 0.29) is 6.42 Å². The highest BCUT2D eigenvalue weighted by molar-refractivity contribution is 5.76. The summed E-state index contributed by atoms with van der Waals surface area (Å²) in [4.78, 5) is 0. The second-order valence-electron chi connectivity index (χ2n) is 6.80. The Labute approximate surface area is 153 Å². The molecule has 1 aliphatic rings. The fourth-order valence-corrected chi connectivity index (χ4v) is 3.41. The van der Waals surface area contributed by atoms with Crippen LogP contribution in [0, 0.1) is 11.6 Å². The Morgan fingerprint density at radius 3 is 2.42 bits per heavy atom. The van der Waals surface area contributed by atoms with Crippen LogP contribution in [-0.2, 0) is 12.1 Å². The molecule has 136 valence electrons. The van der Waals surface area contributed by atoms with E-state index in [2.05, 4.69) is 6.92 Å². The summed E-state index contributed by atoms with van der Waals surface area (Å²) in [6.07, 6.45) is 9.80. The Hall–Kier alpha value is -2.29. The summed E-state index contributed by atoms with van der Waals surface area (Å²) in [7, 11) is 0. The molecule has 0 nitrogen and oxygen atoms in total. The molecule has 0 fully saturated rings. The number of benzene rings is 2. The molecule has 26 heavy (non-hydrogen) atoms. The van der Waals surface area contributed by atoms with E-state index >= 15 is 4.39 Å². The van der Waals surface area contributed by atoms with Crippen molar-refractivity contribution in [3.8, 4) is 0 Å². The van der Waals surface area contributed by atoms with Crippen LogP contribution in [0.3, 0.4) is 0 Å². The molecule has 0 saturated carbocycles. The van der Waals surface area contributed by atoms with Crippen molar-refractivity contribution in [1.82, 2.24) is 0 Å². The van der Waals surface area contributed by atoms with Gasteiger partial charge in [0.05, 0.1) is 0 Å². The molecular formula is C23H23F3. The zero-order valence-electron chi connectivity index (χ0n) is 14.9. The van der Waals surface area contributed by atoms with Gasteiger partial charge in [0.1, 0.15) is 0 Å². The molecule has 3 heteroatoms. The molecule has 1 atom stereocenters. The van der Waals surface area contributed by atoms with E-state index in [9.17, 15) is 8.78 Å². The van der Waals surface area contributed by atoms with Gasteiger partial charge in [-0.3, -0.25) is 0 Å². The number of rotatable bonds is 6. The molecule has 1 aliphatic carbocycles. The van der Waals surface area contributed by atoms with Gasteiger partial charge in [0.15, 0.2) is 17.3 Å². The number of halogens is 3. The summed E-state index contributed by atoms with van der Waals surface area (Å²) in [5.41, 5.74) is 0.703. The maximum Gasteiger partial charge on any atom is 0.165 e. The first-order valence-corrected chi connectivity index (χ1v) is 9.15. The lowest BCUT2D eigenvalue weighted by molar-refractivity contribution is 0.249. The average Bonchev–Trinajstić information content (AvgIpc) is 2.65. The zero-order valence-corrected chi connectivity index (χ0v) is 14.9. The lowest BCUT2D eigenvalue weighted by Crippen LogP contribution is -2.23. The molecule has 0 N–H and O–H groups in total. The summed E-state index contributed by atoms with van der Waals surface area (Å²) >= 11 is 0. The van der Waals surface area contributed by atoms with Crippen molar-refractivity contribution < 1.29 is 13.2 Å². The molecule has 1 unspecified atom stereocenters. The third kappa shape index (κ3) is 3.77. The molecule has 0 radical (unpaired) electrons.